The second kappa shape index (κ2) is 8.47. The van der Waals surface area contributed by atoms with Crippen LogP contribution >= 0.6 is 11.3 Å². The van der Waals surface area contributed by atoms with Crippen LogP contribution in [0.3, 0.4) is 0 Å². The molecular formula is C25H25N3O2S. The van der Waals surface area contributed by atoms with Crippen molar-refractivity contribution in [2.24, 2.45) is 0 Å². The molecule has 0 saturated heterocycles. The molecule has 6 heteroatoms. The maximum Gasteiger partial charge on any atom is 0.263 e. The average molecular weight is 432 g/mol. The minimum Gasteiger partial charge on any atom is -0.337 e. The molecule has 1 unspecified atom stereocenters. The van der Waals surface area contributed by atoms with Gasteiger partial charge in [0.15, 0.2) is 0 Å². The van der Waals surface area contributed by atoms with Gasteiger partial charge in [0.1, 0.15) is 11.4 Å². The van der Waals surface area contributed by atoms with E-state index in [1.807, 2.05) is 48.7 Å². The number of carbonyl (C=O) groups is 1. The summed E-state index contributed by atoms with van der Waals surface area (Å²) in [5, 5.41) is 2.54. The number of hydrogen-bond acceptors (Lipinski definition) is 4. The lowest BCUT2D eigenvalue weighted by atomic mass is 10.0. The molecule has 1 amide bonds. The molecule has 4 aromatic rings. The Hall–Kier alpha value is -3.25. The van der Waals surface area contributed by atoms with E-state index in [2.05, 4.69) is 31.0 Å². The number of fused-ring (bicyclic) bond motifs is 1. The zero-order chi connectivity index (χ0) is 22.1. The lowest BCUT2D eigenvalue weighted by Gasteiger charge is -2.25. The summed E-state index contributed by atoms with van der Waals surface area (Å²) in [5.74, 6) is -0.137. The monoisotopic (exact) mass is 431 g/mol. The van der Waals surface area contributed by atoms with Crippen LogP contribution < -0.4 is 5.56 Å². The van der Waals surface area contributed by atoms with Gasteiger partial charge in [-0.2, -0.15) is 0 Å². The standard InChI is InChI=1S/C25H25N3O2S/c1-16-10-11-20(12-17(16)2)21-14-31-24-23(21)25(30)28(15-26-24)13-22(29)27(4)18(3)19-8-6-5-7-9-19/h5-12,14-15,18H,13H2,1-4H3. The van der Waals surface area contributed by atoms with Gasteiger partial charge in [0.2, 0.25) is 5.91 Å². The van der Waals surface area contributed by atoms with Gasteiger partial charge in [0.25, 0.3) is 5.56 Å². The van der Waals surface area contributed by atoms with Crippen molar-refractivity contribution in [2.75, 3.05) is 7.05 Å². The Balaban J connectivity index is 1.66. The molecule has 2 aromatic carbocycles. The number of aromatic nitrogens is 2. The second-order valence-corrected chi connectivity index (χ2v) is 8.76. The van der Waals surface area contributed by atoms with Crippen LogP contribution in [0, 0.1) is 13.8 Å². The number of carbonyl (C=O) groups excluding carboxylic acids is 1. The Kier molecular flexibility index (Phi) is 5.74. The molecule has 0 N–H and O–H groups in total. The fraction of sp³-hybridized carbons (Fsp3) is 0.240. The third-order valence-corrected chi connectivity index (χ3v) is 6.83. The number of thiophene rings is 1. The number of benzene rings is 2. The number of amides is 1. The van der Waals surface area contributed by atoms with Crippen LogP contribution in [0.5, 0.6) is 0 Å². The molecule has 0 fully saturated rings. The lowest BCUT2D eigenvalue weighted by Crippen LogP contribution is -2.35. The topological polar surface area (TPSA) is 55.2 Å². The summed E-state index contributed by atoms with van der Waals surface area (Å²) in [7, 11) is 1.77. The van der Waals surface area contributed by atoms with E-state index in [1.54, 1.807) is 11.9 Å². The molecule has 0 radical (unpaired) electrons. The number of aryl methyl sites for hydroxylation is 2. The first-order valence-corrected chi connectivity index (χ1v) is 11.1. The Bertz CT molecular complexity index is 1310. The summed E-state index contributed by atoms with van der Waals surface area (Å²) in [6.07, 6.45) is 1.48. The molecule has 4 rings (SSSR count). The number of likely N-dealkylation sites (N-methyl/N-ethyl adjacent to an activating group) is 1. The van der Waals surface area contributed by atoms with Gasteiger partial charge in [-0.1, -0.05) is 48.5 Å². The predicted octanol–water partition coefficient (Wildman–Crippen LogP) is 4.96. The van der Waals surface area contributed by atoms with Gasteiger partial charge in [-0.3, -0.25) is 14.2 Å². The highest BCUT2D eigenvalue weighted by molar-refractivity contribution is 7.17. The first-order chi connectivity index (χ1) is 14.9. The molecule has 158 valence electrons. The van der Waals surface area contributed by atoms with Crippen molar-refractivity contribution in [3.63, 3.8) is 0 Å². The van der Waals surface area contributed by atoms with Crippen LogP contribution in [0.25, 0.3) is 21.3 Å². The molecule has 0 aliphatic carbocycles. The fourth-order valence-corrected chi connectivity index (χ4v) is 4.54. The van der Waals surface area contributed by atoms with E-state index in [4.69, 9.17) is 0 Å². The van der Waals surface area contributed by atoms with Crippen LogP contribution in [0.4, 0.5) is 0 Å². The van der Waals surface area contributed by atoms with Crippen molar-refractivity contribution in [1.82, 2.24) is 14.5 Å². The molecule has 0 saturated carbocycles. The minimum atomic E-state index is -0.186. The molecule has 5 nitrogen and oxygen atoms in total. The smallest absolute Gasteiger partial charge is 0.263 e. The highest BCUT2D eigenvalue weighted by Gasteiger charge is 2.20. The summed E-state index contributed by atoms with van der Waals surface area (Å²) in [5.41, 5.74) is 5.11. The minimum absolute atomic E-state index is 0.0440. The van der Waals surface area contributed by atoms with E-state index in [0.29, 0.717) is 10.2 Å². The van der Waals surface area contributed by atoms with E-state index in [-0.39, 0.29) is 24.1 Å². The summed E-state index contributed by atoms with van der Waals surface area (Å²) < 4.78 is 1.41. The van der Waals surface area contributed by atoms with Crippen LogP contribution in [-0.2, 0) is 11.3 Å². The Morgan fingerprint density at radius 1 is 1.13 bits per heavy atom. The second-order valence-electron chi connectivity index (χ2n) is 7.90. The van der Waals surface area contributed by atoms with E-state index in [0.717, 1.165) is 16.7 Å². The highest BCUT2D eigenvalue weighted by atomic mass is 32.1. The van der Waals surface area contributed by atoms with Gasteiger partial charge in [-0.15, -0.1) is 11.3 Å². The molecule has 31 heavy (non-hydrogen) atoms. The zero-order valence-electron chi connectivity index (χ0n) is 18.1. The van der Waals surface area contributed by atoms with Crippen LogP contribution in [-0.4, -0.2) is 27.4 Å². The van der Waals surface area contributed by atoms with Gasteiger partial charge in [0.05, 0.1) is 17.8 Å². The van der Waals surface area contributed by atoms with Crippen molar-refractivity contribution in [1.29, 1.82) is 0 Å². The molecule has 2 aromatic heterocycles. The third-order valence-electron chi connectivity index (χ3n) is 5.94. The van der Waals surface area contributed by atoms with Crippen LogP contribution in [0.1, 0.15) is 29.7 Å². The summed E-state index contributed by atoms with van der Waals surface area (Å²) in [6, 6.07) is 15.9. The van der Waals surface area contributed by atoms with Gasteiger partial charge in [-0.05, 0) is 43.0 Å². The number of hydrogen-bond donors (Lipinski definition) is 0. The van der Waals surface area contributed by atoms with E-state index in [1.165, 1.54) is 33.4 Å². The highest BCUT2D eigenvalue weighted by Crippen LogP contribution is 2.31. The first kappa shape index (κ1) is 21.0. The summed E-state index contributed by atoms with van der Waals surface area (Å²) >= 11 is 1.45. The Labute approximate surface area is 185 Å². The van der Waals surface area contributed by atoms with Gasteiger partial charge in [-0.25, -0.2) is 4.98 Å². The molecule has 0 bridgehead atoms. The van der Waals surface area contributed by atoms with Crippen molar-refractivity contribution < 1.29 is 4.79 Å². The fourth-order valence-electron chi connectivity index (χ4n) is 3.63. The van der Waals surface area contributed by atoms with Gasteiger partial charge < -0.3 is 4.90 Å². The molecule has 0 spiro atoms. The maximum atomic E-state index is 13.3. The SMILES string of the molecule is Cc1ccc(-c2csc3ncn(CC(=O)N(C)C(C)c4ccccc4)c(=O)c23)cc1C. The van der Waals surface area contributed by atoms with Crippen molar-refractivity contribution >= 4 is 27.5 Å². The molecule has 1 atom stereocenters. The largest absolute Gasteiger partial charge is 0.337 e. The average Bonchev–Trinajstić information content (AvgIpc) is 3.22. The van der Waals surface area contributed by atoms with Crippen molar-refractivity contribution in [2.45, 2.75) is 33.4 Å². The van der Waals surface area contributed by atoms with Crippen molar-refractivity contribution in [3.05, 3.63) is 87.3 Å². The maximum absolute atomic E-state index is 13.3. The number of rotatable bonds is 5. The van der Waals surface area contributed by atoms with E-state index >= 15 is 0 Å². The molecule has 2 heterocycles. The lowest BCUT2D eigenvalue weighted by molar-refractivity contribution is -0.132. The zero-order valence-corrected chi connectivity index (χ0v) is 18.9. The van der Waals surface area contributed by atoms with Gasteiger partial charge in [0, 0.05) is 18.0 Å². The normalized spacial score (nSPS) is 12.1. The Morgan fingerprint density at radius 3 is 2.58 bits per heavy atom. The van der Waals surface area contributed by atoms with E-state index < -0.39 is 0 Å². The van der Waals surface area contributed by atoms with Crippen LogP contribution in [0.2, 0.25) is 0 Å². The third kappa shape index (κ3) is 4.03. The van der Waals surface area contributed by atoms with Crippen molar-refractivity contribution in [3.8, 4) is 11.1 Å². The molecule has 0 aliphatic heterocycles. The quantitative estimate of drug-likeness (QED) is 0.449. The summed E-state index contributed by atoms with van der Waals surface area (Å²) in [6.45, 7) is 6.07. The predicted molar refractivity (Wildman–Crippen MR) is 126 cm³/mol. The molecular weight excluding hydrogens is 406 g/mol. The molecule has 0 aliphatic rings. The Morgan fingerprint density at radius 2 is 1.87 bits per heavy atom. The first-order valence-electron chi connectivity index (χ1n) is 10.2. The van der Waals surface area contributed by atoms with Gasteiger partial charge >= 0.3 is 0 Å². The van der Waals surface area contributed by atoms with E-state index in [9.17, 15) is 9.59 Å². The van der Waals surface area contributed by atoms with Crippen LogP contribution in [0.15, 0.2) is 65.0 Å². The number of nitrogens with zero attached hydrogens (tertiary/aromatic N) is 3. The summed E-state index contributed by atoms with van der Waals surface area (Å²) in [4.78, 5) is 33.0.